The van der Waals surface area contributed by atoms with Gasteiger partial charge in [0.1, 0.15) is 5.75 Å². The number of hydrogen-bond donors (Lipinski definition) is 1. The van der Waals surface area contributed by atoms with Crippen LogP contribution in [-0.4, -0.2) is 4.93 Å². The Hall–Kier alpha value is -0.280. The second kappa shape index (κ2) is 4.92. The highest BCUT2D eigenvalue weighted by Gasteiger charge is 2.19. The predicted molar refractivity (Wildman–Crippen MR) is 76.4 cm³/mol. The lowest BCUT2D eigenvalue weighted by Crippen LogP contribution is -2.21. The van der Waals surface area contributed by atoms with Crippen molar-refractivity contribution in [3.8, 4) is 5.75 Å². The van der Waals surface area contributed by atoms with Crippen molar-refractivity contribution in [2.24, 2.45) is 0 Å². The van der Waals surface area contributed by atoms with Crippen LogP contribution in [0.5, 0.6) is 5.75 Å². The minimum absolute atomic E-state index is 0.187. The highest BCUT2D eigenvalue weighted by Crippen LogP contribution is 2.32. The zero-order valence-electron chi connectivity index (χ0n) is 10.6. The highest BCUT2D eigenvalue weighted by molar-refractivity contribution is 8.69. The second-order valence-corrected chi connectivity index (χ2v) is 7.08. The molecule has 0 spiro atoms. The van der Waals surface area contributed by atoms with Crippen LogP contribution in [0.15, 0.2) is 24.3 Å². The van der Waals surface area contributed by atoms with Gasteiger partial charge in [0.25, 0.3) is 0 Å². The lowest BCUT2D eigenvalue weighted by molar-refractivity contribution is 0.209. The molecule has 90 valence electrons. The molecule has 1 rings (SSSR count). The van der Waals surface area contributed by atoms with Crippen molar-refractivity contribution in [2.75, 3.05) is 0 Å². The molecule has 0 N–H and O–H groups in total. The summed E-state index contributed by atoms with van der Waals surface area (Å²) in [6.07, 6.45) is 0. The van der Waals surface area contributed by atoms with Gasteiger partial charge in [-0.3, -0.25) is 0 Å². The van der Waals surface area contributed by atoms with Crippen molar-refractivity contribution in [3.05, 3.63) is 29.8 Å². The van der Waals surface area contributed by atoms with Gasteiger partial charge in [0, 0.05) is 0 Å². The van der Waals surface area contributed by atoms with Gasteiger partial charge in [0.15, 0.2) is 4.93 Å². The van der Waals surface area contributed by atoms with Crippen molar-refractivity contribution in [1.82, 2.24) is 0 Å². The predicted octanol–water partition coefficient (Wildman–Crippen LogP) is 4.68. The van der Waals surface area contributed by atoms with Crippen LogP contribution in [0.4, 0.5) is 0 Å². The van der Waals surface area contributed by atoms with E-state index in [0.717, 1.165) is 5.75 Å². The molecular formula is C13H20OS2. The molecule has 1 nitrogen and oxygen atoms in total. The second-order valence-electron chi connectivity index (χ2n) is 5.37. The maximum Gasteiger partial charge on any atom is 0.158 e. The minimum atomic E-state index is -0.299. The third kappa shape index (κ3) is 3.95. The van der Waals surface area contributed by atoms with E-state index in [4.69, 9.17) is 4.74 Å². The third-order valence-electron chi connectivity index (χ3n) is 2.30. The van der Waals surface area contributed by atoms with Crippen LogP contribution in [0.25, 0.3) is 0 Å². The first kappa shape index (κ1) is 13.8. The van der Waals surface area contributed by atoms with Crippen LogP contribution in [0.3, 0.4) is 0 Å². The maximum atomic E-state index is 5.81. The Kier molecular flexibility index (Phi) is 4.24. The molecule has 16 heavy (non-hydrogen) atoms. The molecule has 0 aliphatic heterocycles. The lowest BCUT2D eigenvalue weighted by atomic mass is 9.87. The molecule has 0 aliphatic carbocycles. The van der Waals surface area contributed by atoms with Gasteiger partial charge < -0.3 is 4.74 Å². The largest absolute Gasteiger partial charge is 0.476 e. The molecule has 0 saturated carbocycles. The first-order valence-electron chi connectivity index (χ1n) is 5.37. The van der Waals surface area contributed by atoms with Gasteiger partial charge in [0.2, 0.25) is 0 Å². The minimum Gasteiger partial charge on any atom is -0.476 e. The summed E-state index contributed by atoms with van der Waals surface area (Å²) < 4.78 is 5.81. The molecule has 0 amide bonds. The Morgan fingerprint density at radius 2 is 1.50 bits per heavy atom. The van der Waals surface area contributed by atoms with E-state index in [9.17, 15) is 0 Å². The molecule has 0 bridgehead atoms. The smallest absolute Gasteiger partial charge is 0.158 e. The summed E-state index contributed by atoms with van der Waals surface area (Å²) in [5, 5.41) is 0. The van der Waals surface area contributed by atoms with E-state index >= 15 is 0 Å². The van der Waals surface area contributed by atoms with E-state index in [0.29, 0.717) is 0 Å². The first-order valence-corrected chi connectivity index (χ1v) is 7.24. The van der Waals surface area contributed by atoms with Crippen LogP contribution in [-0.2, 0) is 5.41 Å². The summed E-state index contributed by atoms with van der Waals surface area (Å²) in [4.78, 5) is -0.299. The molecule has 1 aromatic carbocycles. The first-order chi connectivity index (χ1) is 7.24. The SMILES string of the molecule is CC(C)(Oc1ccc(C(C)(C)C)cc1)SS. The monoisotopic (exact) mass is 256 g/mol. The van der Waals surface area contributed by atoms with Crippen LogP contribution in [0.1, 0.15) is 40.2 Å². The van der Waals surface area contributed by atoms with Crippen LogP contribution in [0.2, 0.25) is 0 Å². The Bertz CT molecular complexity index is 336. The Morgan fingerprint density at radius 3 is 1.88 bits per heavy atom. The van der Waals surface area contributed by atoms with Gasteiger partial charge >= 0.3 is 0 Å². The Labute approximate surface area is 108 Å². The average molecular weight is 256 g/mol. The fourth-order valence-corrected chi connectivity index (χ4v) is 1.57. The fourth-order valence-electron chi connectivity index (χ4n) is 1.33. The standard InChI is InChI=1S/C13H20OS2/c1-12(2,3)10-6-8-11(9-7-10)14-13(4,5)16-15/h6-9,15H,1-5H3. The van der Waals surface area contributed by atoms with Crippen molar-refractivity contribution in [3.63, 3.8) is 0 Å². The van der Waals surface area contributed by atoms with Crippen LogP contribution < -0.4 is 4.74 Å². The summed E-state index contributed by atoms with van der Waals surface area (Å²) in [5.74, 6) is 0.888. The summed E-state index contributed by atoms with van der Waals surface area (Å²) in [7, 11) is 1.40. The molecule has 0 radical (unpaired) electrons. The molecule has 0 saturated heterocycles. The van der Waals surface area contributed by atoms with Crippen LogP contribution >= 0.6 is 22.5 Å². The topological polar surface area (TPSA) is 9.23 Å². The van der Waals surface area contributed by atoms with Gasteiger partial charge in [-0.05, 0) is 37.0 Å². The van der Waals surface area contributed by atoms with E-state index in [1.165, 1.54) is 16.4 Å². The van der Waals surface area contributed by atoms with E-state index in [1.54, 1.807) is 0 Å². The normalized spacial score (nSPS) is 12.6. The third-order valence-corrected chi connectivity index (χ3v) is 4.15. The summed E-state index contributed by atoms with van der Waals surface area (Å²) in [5.41, 5.74) is 1.50. The average Bonchev–Trinajstić information content (AvgIpc) is 2.16. The van der Waals surface area contributed by atoms with E-state index in [1.807, 2.05) is 26.0 Å². The van der Waals surface area contributed by atoms with E-state index in [2.05, 4.69) is 44.6 Å². The molecule has 0 fully saturated rings. The number of thiol groups is 1. The van der Waals surface area contributed by atoms with Crippen molar-refractivity contribution in [1.29, 1.82) is 0 Å². The van der Waals surface area contributed by atoms with Crippen molar-refractivity contribution < 1.29 is 4.74 Å². The van der Waals surface area contributed by atoms with Gasteiger partial charge in [0.05, 0.1) is 0 Å². The molecule has 1 aromatic rings. The zero-order valence-corrected chi connectivity index (χ0v) is 12.3. The lowest BCUT2D eigenvalue weighted by Gasteiger charge is -2.24. The number of rotatable bonds is 3. The molecule has 3 heteroatoms. The van der Waals surface area contributed by atoms with Gasteiger partial charge in [-0.25, -0.2) is 0 Å². The number of benzene rings is 1. The summed E-state index contributed by atoms with van der Waals surface area (Å²) >= 11 is 4.19. The quantitative estimate of drug-likeness (QED) is 0.478. The highest BCUT2D eigenvalue weighted by atomic mass is 33.1. The Morgan fingerprint density at radius 1 is 1.00 bits per heavy atom. The molecule has 0 heterocycles. The fraction of sp³-hybridized carbons (Fsp3) is 0.538. The molecular weight excluding hydrogens is 236 g/mol. The molecule has 0 unspecified atom stereocenters. The van der Waals surface area contributed by atoms with Gasteiger partial charge in [-0.2, -0.15) is 0 Å². The van der Waals surface area contributed by atoms with Gasteiger partial charge in [-0.15, -0.1) is 11.7 Å². The van der Waals surface area contributed by atoms with Crippen molar-refractivity contribution in [2.45, 2.75) is 45.0 Å². The van der Waals surface area contributed by atoms with Gasteiger partial charge in [-0.1, -0.05) is 43.7 Å². The van der Waals surface area contributed by atoms with Crippen LogP contribution in [0, 0.1) is 0 Å². The molecule has 0 aliphatic rings. The maximum absolute atomic E-state index is 5.81. The molecule has 0 aromatic heterocycles. The van der Waals surface area contributed by atoms with Crippen molar-refractivity contribution >= 4 is 22.5 Å². The van der Waals surface area contributed by atoms with E-state index in [-0.39, 0.29) is 10.3 Å². The number of hydrogen-bond acceptors (Lipinski definition) is 3. The Balaban J connectivity index is 2.80. The molecule has 0 atom stereocenters. The summed E-state index contributed by atoms with van der Waals surface area (Å²) in [6, 6.07) is 8.28. The number of ether oxygens (including phenoxy) is 1. The van der Waals surface area contributed by atoms with E-state index < -0.39 is 0 Å². The summed E-state index contributed by atoms with van der Waals surface area (Å²) in [6.45, 7) is 10.6. The zero-order chi connectivity index (χ0) is 12.4.